The minimum absolute atomic E-state index is 0.0281. The van der Waals surface area contributed by atoms with Gasteiger partial charge in [-0.25, -0.2) is 0 Å². The Labute approximate surface area is 202 Å². The predicted octanol–water partition coefficient (Wildman–Crippen LogP) is 5.95. The molecule has 0 aliphatic carbocycles. The molecule has 178 valence electrons. The molecule has 0 amide bonds. The number of nitrogens with zero attached hydrogens (tertiary/aromatic N) is 2. The van der Waals surface area contributed by atoms with Gasteiger partial charge < -0.3 is 10.1 Å². The fourth-order valence-corrected chi connectivity index (χ4v) is 4.55. The first kappa shape index (κ1) is 24.5. The van der Waals surface area contributed by atoms with Crippen LogP contribution < -0.4 is 5.32 Å². The van der Waals surface area contributed by atoms with Gasteiger partial charge in [-0.2, -0.15) is 23.7 Å². The molecule has 4 nitrogen and oxygen atoms in total. The highest BCUT2D eigenvalue weighted by atomic mass is 19.4. The maximum atomic E-state index is 13.6. The molecule has 1 fully saturated rings. The molecule has 1 aliphatic rings. The molecule has 0 unspecified atom stereocenters. The van der Waals surface area contributed by atoms with E-state index in [1.165, 1.54) is 0 Å². The van der Waals surface area contributed by atoms with Gasteiger partial charge in [0.2, 0.25) is 0 Å². The second kappa shape index (κ2) is 10.3. The normalized spacial score (nSPS) is 15.2. The van der Waals surface area contributed by atoms with Crippen LogP contribution in [-0.2, 0) is 22.9 Å². The van der Waals surface area contributed by atoms with Crippen LogP contribution in [0.15, 0.2) is 66.7 Å². The average Bonchev–Trinajstić information content (AvgIpc) is 2.88. The van der Waals surface area contributed by atoms with E-state index >= 15 is 0 Å². The summed E-state index contributed by atoms with van der Waals surface area (Å²) in [7, 11) is 0. The topological polar surface area (TPSA) is 68.8 Å². The van der Waals surface area contributed by atoms with E-state index in [9.17, 15) is 18.4 Å². The highest BCUT2D eigenvalue weighted by Gasteiger charge is 2.35. The third-order valence-electron chi connectivity index (χ3n) is 6.48. The van der Waals surface area contributed by atoms with Gasteiger partial charge in [0.15, 0.2) is 0 Å². The molecular formula is C28H24F3N3O. The van der Waals surface area contributed by atoms with Crippen molar-refractivity contribution in [2.45, 2.75) is 31.0 Å². The first-order chi connectivity index (χ1) is 16.8. The highest BCUT2D eigenvalue weighted by Crippen LogP contribution is 2.36. The van der Waals surface area contributed by atoms with E-state index in [0.29, 0.717) is 34.4 Å². The quantitative estimate of drug-likeness (QED) is 0.478. The first-order valence-electron chi connectivity index (χ1n) is 11.3. The highest BCUT2D eigenvalue weighted by molar-refractivity contribution is 5.66. The summed E-state index contributed by atoms with van der Waals surface area (Å²) in [5, 5.41) is 21.6. The summed E-state index contributed by atoms with van der Waals surface area (Å²) >= 11 is 0. The Morgan fingerprint density at radius 3 is 2.23 bits per heavy atom. The average molecular weight is 476 g/mol. The third kappa shape index (κ3) is 5.71. The fourth-order valence-electron chi connectivity index (χ4n) is 4.55. The van der Waals surface area contributed by atoms with Crippen LogP contribution in [0, 0.1) is 22.7 Å². The van der Waals surface area contributed by atoms with Crippen molar-refractivity contribution in [2.24, 2.45) is 0 Å². The summed E-state index contributed by atoms with van der Waals surface area (Å²) in [5.74, 6) is 0. The van der Waals surface area contributed by atoms with Crippen LogP contribution >= 0.6 is 0 Å². The predicted molar refractivity (Wildman–Crippen MR) is 126 cm³/mol. The van der Waals surface area contributed by atoms with Crippen LogP contribution in [0.25, 0.3) is 11.1 Å². The van der Waals surface area contributed by atoms with Gasteiger partial charge in [0.1, 0.15) is 0 Å². The van der Waals surface area contributed by atoms with Crippen molar-refractivity contribution in [1.82, 2.24) is 5.32 Å². The zero-order chi connectivity index (χ0) is 24.9. The Morgan fingerprint density at radius 2 is 1.57 bits per heavy atom. The monoisotopic (exact) mass is 475 g/mol. The molecule has 7 heteroatoms. The molecule has 0 bridgehead atoms. The Bertz CT molecular complexity index is 1260. The van der Waals surface area contributed by atoms with Gasteiger partial charge in [0, 0.05) is 5.41 Å². The maximum Gasteiger partial charge on any atom is 0.416 e. The summed E-state index contributed by atoms with van der Waals surface area (Å²) in [4.78, 5) is 0. The molecule has 0 spiro atoms. The van der Waals surface area contributed by atoms with Gasteiger partial charge in [-0.05, 0) is 90.6 Å². The molecule has 0 atom stereocenters. The molecule has 1 aliphatic heterocycles. The van der Waals surface area contributed by atoms with E-state index in [1.807, 2.05) is 24.3 Å². The molecule has 1 saturated heterocycles. The third-order valence-corrected chi connectivity index (χ3v) is 6.48. The molecule has 4 rings (SSSR count). The van der Waals surface area contributed by atoms with E-state index in [0.717, 1.165) is 43.6 Å². The van der Waals surface area contributed by atoms with Gasteiger partial charge in [0.05, 0.1) is 42.0 Å². The van der Waals surface area contributed by atoms with Crippen molar-refractivity contribution in [2.75, 3.05) is 19.7 Å². The second-order valence-electron chi connectivity index (χ2n) is 8.82. The summed E-state index contributed by atoms with van der Waals surface area (Å²) in [6.07, 6.45) is -2.88. The zero-order valence-corrected chi connectivity index (χ0v) is 19.0. The molecule has 35 heavy (non-hydrogen) atoms. The van der Waals surface area contributed by atoms with Crippen molar-refractivity contribution in [1.29, 1.82) is 10.5 Å². The Hall–Kier alpha value is -3.65. The summed E-state index contributed by atoms with van der Waals surface area (Å²) in [6.45, 7) is 1.96. The van der Waals surface area contributed by atoms with Gasteiger partial charge in [0.25, 0.3) is 0 Å². The lowest BCUT2D eigenvalue weighted by atomic mass is 9.73. The molecule has 1 N–H and O–H groups in total. The van der Waals surface area contributed by atoms with E-state index in [-0.39, 0.29) is 12.0 Å². The van der Waals surface area contributed by atoms with Crippen molar-refractivity contribution in [3.05, 3.63) is 94.5 Å². The number of hydrogen-bond donors (Lipinski definition) is 1. The Balaban J connectivity index is 1.59. The van der Waals surface area contributed by atoms with Crippen molar-refractivity contribution in [3.63, 3.8) is 0 Å². The van der Waals surface area contributed by atoms with Gasteiger partial charge in [-0.15, -0.1) is 0 Å². The van der Waals surface area contributed by atoms with Crippen molar-refractivity contribution >= 4 is 0 Å². The number of halogens is 3. The van der Waals surface area contributed by atoms with Gasteiger partial charge >= 0.3 is 6.18 Å². The maximum absolute atomic E-state index is 13.6. The molecule has 3 aromatic rings. The first-order valence-corrected chi connectivity index (χ1v) is 11.3. The summed E-state index contributed by atoms with van der Waals surface area (Å²) < 4.78 is 47.0. The number of rotatable bonds is 6. The van der Waals surface area contributed by atoms with Crippen LogP contribution in [0.2, 0.25) is 0 Å². The molecule has 0 saturated carbocycles. The number of benzene rings is 3. The lowest BCUT2D eigenvalue weighted by Gasteiger charge is -2.38. The van der Waals surface area contributed by atoms with E-state index < -0.39 is 11.7 Å². The van der Waals surface area contributed by atoms with Gasteiger partial charge in [-0.3, -0.25) is 0 Å². The Morgan fingerprint density at radius 1 is 0.857 bits per heavy atom. The van der Waals surface area contributed by atoms with Crippen LogP contribution in [0.5, 0.6) is 0 Å². The summed E-state index contributed by atoms with van der Waals surface area (Å²) in [6, 6.07) is 22.1. The van der Waals surface area contributed by atoms with Crippen LogP contribution in [-0.4, -0.2) is 19.7 Å². The lowest BCUT2D eigenvalue weighted by molar-refractivity contribution is -0.137. The molecule has 0 radical (unpaired) electrons. The number of alkyl halides is 3. The van der Waals surface area contributed by atoms with Crippen molar-refractivity contribution in [3.8, 4) is 23.3 Å². The van der Waals surface area contributed by atoms with Crippen LogP contribution in [0.3, 0.4) is 0 Å². The zero-order valence-electron chi connectivity index (χ0n) is 19.0. The molecular weight excluding hydrogens is 451 g/mol. The van der Waals surface area contributed by atoms with E-state index in [1.54, 1.807) is 36.4 Å². The number of nitriles is 2. The fraction of sp³-hybridized carbons (Fsp3) is 0.286. The number of hydrogen-bond acceptors (Lipinski definition) is 4. The van der Waals surface area contributed by atoms with E-state index in [2.05, 4.69) is 11.4 Å². The standard InChI is InChI=1S/C28H24F3N3O/c29-28(30,31)26-14-22(12-24(15-26)23-6-4-20(16-32)5-7-23)18-35-19-27(8-10-34-11-9-27)25-3-1-2-21(13-25)17-33/h1-7,12-15,34H,8-11,18-19H2. The number of piperidine rings is 1. The smallest absolute Gasteiger partial charge is 0.376 e. The summed E-state index contributed by atoms with van der Waals surface area (Å²) in [5.41, 5.74) is 2.42. The number of ether oxygens (including phenoxy) is 1. The van der Waals surface area contributed by atoms with Crippen LogP contribution in [0.4, 0.5) is 13.2 Å². The minimum Gasteiger partial charge on any atom is -0.376 e. The van der Waals surface area contributed by atoms with Gasteiger partial charge in [-0.1, -0.05) is 24.3 Å². The van der Waals surface area contributed by atoms with E-state index in [4.69, 9.17) is 10.00 Å². The SMILES string of the molecule is N#Cc1ccc(-c2cc(COCC3(c4cccc(C#N)c4)CCNCC3)cc(C(F)(F)F)c2)cc1. The minimum atomic E-state index is -4.49. The van der Waals surface area contributed by atoms with Crippen LogP contribution in [0.1, 0.15) is 40.7 Å². The molecule has 3 aromatic carbocycles. The Kier molecular flexibility index (Phi) is 7.21. The number of nitrogens with one attached hydrogen (secondary N) is 1. The lowest BCUT2D eigenvalue weighted by Crippen LogP contribution is -2.43. The molecule has 0 aromatic heterocycles. The van der Waals surface area contributed by atoms with Crippen molar-refractivity contribution < 1.29 is 17.9 Å². The largest absolute Gasteiger partial charge is 0.416 e. The second-order valence-corrected chi connectivity index (χ2v) is 8.82. The molecule has 1 heterocycles.